The van der Waals surface area contributed by atoms with Crippen LogP contribution >= 0.6 is 11.3 Å². The number of hydrogen-bond acceptors (Lipinski definition) is 6. The molecular weight excluding hydrogens is 406 g/mol. The number of nitrogens with zero attached hydrogens (tertiary/aromatic N) is 5. The topological polar surface area (TPSA) is 96.0 Å². The first-order valence-corrected chi connectivity index (χ1v) is 10.6. The van der Waals surface area contributed by atoms with Gasteiger partial charge in [0.05, 0.1) is 29.1 Å². The van der Waals surface area contributed by atoms with Crippen LogP contribution in [0.4, 0.5) is 0 Å². The highest BCUT2D eigenvalue weighted by Crippen LogP contribution is 2.34. The number of imidazole rings is 1. The lowest BCUT2D eigenvalue weighted by atomic mass is 10.1. The van der Waals surface area contributed by atoms with Crippen LogP contribution < -0.4 is 0 Å². The van der Waals surface area contributed by atoms with Gasteiger partial charge >= 0.3 is 0 Å². The van der Waals surface area contributed by atoms with Gasteiger partial charge in [0.25, 0.3) is 0 Å². The maximum absolute atomic E-state index is 4.90. The second-order valence-corrected chi connectivity index (χ2v) is 8.81. The molecule has 0 radical (unpaired) electrons. The molecule has 0 saturated carbocycles. The zero-order chi connectivity index (χ0) is 20.9. The Kier molecular flexibility index (Phi) is 3.94. The Balaban J connectivity index is 1.51. The SMILES string of the molecule is Cc1cncc(-c2cc3c(-c4nc5c(-c6ccc(C)s6)cncc5[nH]4)n[nH]c3cn2)c1. The first-order chi connectivity index (χ1) is 15.2. The van der Waals surface area contributed by atoms with Crippen LogP contribution in [0.1, 0.15) is 10.4 Å². The Morgan fingerprint density at radius 1 is 0.903 bits per heavy atom. The molecule has 0 unspecified atom stereocenters. The highest BCUT2D eigenvalue weighted by molar-refractivity contribution is 7.15. The summed E-state index contributed by atoms with van der Waals surface area (Å²) in [4.78, 5) is 24.0. The van der Waals surface area contributed by atoms with E-state index in [-0.39, 0.29) is 0 Å². The highest BCUT2D eigenvalue weighted by atomic mass is 32.1. The summed E-state index contributed by atoms with van der Waals surface area (Å²) in [5.74, 6) is 0.697. The molecule has 6 heterocycles. The van der Waals surface area contributed by atoms with E-state index in [1.54, 1.807) is 23.7 Å². The standard InChI is InChI=1S/C23H17N7S/c1-12-5-14(8-24-7-12)17-6-15-18(11-26-17)29-30-22(15)23-27-19-10-25-9-16(21(19)28-23)20-4-3-13(2)31-20/h3-11H,1-2H3,(H,27,28)(H,29,30). The first kappa shape index (κ1) is 17.9. The van der Waals surface area contributed by atoms with E-state index >= 15 is 0 Å². The van der Waals surface area contributed by atoms with E-state index in [1.807, 2.05) is 31.6 Å². The number of nitrogens with one attached hydrogen (secondary N) is 2. The fourth-order valence-corrected chi connectivity index (χ4v) is 4.63. The van der Waals surface area contributed by atoms with Gasteiger partial charge in [-0.2, -0.15) is 5.10 Å². The highest BCUT2D eigenvalue weighted by Gasteiger charge is 2.17. The van der Waals surface area contributed by atoms with Gasteiger partial charge in [-0.25, -0.2) is 4.98 Å². The van der Waals surface area contributed by atoms with Gasteiger partial charge < -0.3 is 4.98 Å². The maximum Gasteiger partial charge on any atom is 0.159 e. The zero-order valence-electron chi connectivity index (χ0n) is 16.8. The van der Waals surface area contributed by atoms with Crippen molar-refractivity contribution in [2.75, 3.05) is 0 Å². The fraction of sp³-hybridized carbons (Fsp3) is 0.0870. The molecule has 0 aliphatic heterocycles. The summed E-state index contributed by atoms with van der Waals surface area (Å²) >= 11 is 1.74. The van der Waals surface area contributed by atoms with Gasteiger partial charge in [-0.1, -0.05) is 0 Å². The molecule has 0 spiro atoms. The van der Waals surface area contributed by atoms with Crippen molar-refractivity contribution in [3.8, 4) is 33.2 Å². The molecule has 0 atom stereocenters. The van der Waals surface area contributed by atoms with Crippen molar-refractivity contribution in [2.45, 2.75) is 13.8 Å². The predicted octanol–water partition coefficient (Wildman–Crippen LogP) is 5.30. The van der Waals surface area contributed by atoms with Gasteiger partial charge in [0, 0.05) is 44.9 Å². The van der Waals surface area contributed by atoms with Crippen LogP contribution in [0.15, 0.2) is 55.2 Å². The molecule has 0 aliphatic rings. The van der Waals surface area contributed by atoms with Gasteiger partial charge in [-0.3, -0.25) is 20.1 Å². The molecule has 6 aromatic rings. The van der Waals surface area contributed by atoms with Gasteiger partial charge in [0.15, 0.2) is 5.82 Å². The predicted molar refractivity (Wildman–Crippen MR) is 123 cm³/mol. The number of aromatic amines is 2. The van der Waals surface area contributed by atoms with E-state index in [0.717, 1.165) is 54.9 Å². The van der Waals surface area contributed by atoms with E-state index in [9.17, 15) is 0 Å². The van der Waals surface area contributed by atoms with Crippen LogP contribution in [0.5, 0.6) is 0 Å². The molecule has 0 aromatic carbocycles. The molecule has 2 N–H and O–H groups in total. The zero-order valence-corrected chi connectivity index (χ0v) is 17.7. The molecule has 0 aliphatic carbocycles. The first-order valence-electron chi connectivity index (χ1n) is 9.83. The third kappa shape index (κ3) is 3.00. The molecule has 6 rings (SSSR count). The number of hydrogen-bond donors (Lipinski definition) is 2. The van der Waals surface area contributed by atoms with E-state index in [1.165, 1.54) is 4.88 Å². The Labute approximate surface area is 181 Å². The third-order valence-corrected chi connectivity index (χ3v) is 6.28. The number of pyridine rings is 3. The maximum atomic E-state index is 4.90. The quantitative estimate of drug-likeness (QED) is 0.402. The van der Waals surface area contributed by atoms with E-state index in [0.29, 0.717) is 5.82 Å². The molecule has 6 aromatic heterocycles. The Morgan fingerprint density at radius 3 is 2.65 bits per heavy atom. The molecule has 7 nitrogen and oxygen atoms in total. The smallest absolute Gasteiger partial charge is 0.159 e. The van der Waals surface area contributed by atoms with Crippen LogP contribution in [0, 0.1) is 13.8 Å². The molecule has 0 bridgehead atoms. The minimum absolute atomic E-state index is 0.697. The summed E-state index contributed by atoms with van der Waals surface area (Å²) in [5, 5.41) is 8.55. The van der Waals surface area contributed by atoms with Crippen LogP contribution in [-0.4, -0.2) is 35.1 Å². The summed E-state index contributed by atoms with van der Waals surface area (Å²) in [5.41, 5.74) is 7.30. The monoisotopic (exact) mass is 423 g/mol. The number of aromatic nitrogens is 7. The molecular formula is C23H17N7S. The number of H-pyrrole nitrogens is 2. The number of rotatable bonds is 3. The summed E-state index contributed by atoms with van der Waals surface area (Å²) in [6.45, 7) is 4.12. The molecule has 150 valence electrons. The van der Waals surface area contributed by atoms with E-state index < -0.39 is 0 Å². The van der Waals surface area contributed by atoms with Gasteiger partial charge in [-0.15, -0.1) is 11.3 Å². The van der Waals surface area contributed by atoms with Crippen molar-refractivity contribution in [3.05, 3.63) is 65.7 Å². The second kappa shape index (κ2) is 6.82. The summed E-state index contributed by atoms with van der Waals surface area (Å²) < 4.78 is 0. The largest absolute Gasteiger partial charge is 0.335 e. The van der Waals surface area contributed by atoms with Crippen molar-refractivity contribution in [1.29, 1.82) is 0 Å². The van der Waals surface area contributed by atoms with Crippen molar-refractivity contribution in [1.82, 2.24) is 35.1 Å². The number of aryl methyl sites for hydroxylation is 2. The average Bonchev–Trinajstić information content (AvgIpc) is 3.50. The lowest BCUT2D eigenvalue weighted by molar-refractivity contribution is 1.10. The van der Waals surface area contributed by atoms with Crippen molar-refractivity contribution < 1.29 is 0 Å². The fourth-order valence-electron chi connectivity index (χ4n) is 3.75. The van der Waals surface area contributed by atoms with Crippen molar-refractivity contribution in [3.63, 3.8) is 0 Å². The Bertz CT molecular complexity index is 1570. The molecule has 0 saturated heterocycles. The van der Waals surface area contributed by atoms with Crippen molar-refractivity contribution >= 4 is 33.3 Å². The lowest BCUT2D eigenvalue weighted by Crippen LogP contribution is -1.87. The minimum atomic E-state index is 0.697. The van der Waals surface area contributed by atoms with Crippen molar-refractivity contribution in [2.24, 2.45) is 0 Å². The second-order valence-electron chi connectivity index (χ2n) is 7.52. The van der Waals surface area contributed by atoms with Crippen LogP contribution in [0.2, 0.25) is 0 Å². The summed E-state index contributed by atoms with van der Waals surface area (Å²) in [6, 6.07) is 8.33. The Hall–Kier alpha value is -3.91. The van der Waals surface area contributed by atoms with E-state index in [2.05, 4.69) is 55.3 Å². The number of thiophene rings is 1. The molecule has 0 fully saturated rings. The normalized spacial score (nSPS) is 11.5. The molecule has 0 amide bonds. The summed E-state index contributed by atoms with van der Waals surface area (Å²) in [7, 11) is 0. The van der Waals surface area contributed by atoms with Crippen LogP contribution in [-0.2, 0) is 0 Å². The number of fused-ring (bicyclic) bond motifs is 2. The molecule has 8 heteroatoms. The van der Waals surface area contributed by atoms with Crippen LogP contribution in [0.3, 0.4) is 0 Å². The third-order valence-electron chi connectivity index (χ3n) is 5.24. The van der Waals surface area contributed by atoms with E-state index in [4.69, 9.17) is 4.98 Å². The van der Waals surface area contributed by atoms with Gasteiger partial charge in [0.2, 0.25) is 0 Å². The minimum Gasteiger partial charge on any atom is -0.335 e. The lowest BCUT2D eigenvalue weighted by Gasteiger charge is -2.02. The average molecular weight is 424 g/mol. The Morgan fingerprint density at radius 2 is 1.81 bits per heavy atom. The van der Waals surface area contributed by atoms with Gasteiger partial charge in [0.1, 0.15) is 11.2 Å². The van der Waals surface area contributed by atoms with Gasteiger partial charge in [-0.05, 0) is 43.7 Å². The summed E-state index contributed by atoms with van der Waals surface area (Å²) in [6.07, 6.45) is 9.13. The van der Waals surface area contributed by atoms with Crippen LogP contribution in [0.25, 0.3) is 55.2 Å². The molecule has 31 heavy (non-hydrogen) atoms.